The van der Waals surface area contributed by atoms with E-state index in [1.54, 1.807) is 13.3 Å². The molecule has 1 heterocycles. The Labute approximate surface area is 91.2 Å². The van der Waals surface area contributed by atoms with Gasteiger partial charge in [-0.25, -0.2) is 0 Å². The second-order valence-corrected chi connectivity index (χ2v) is 3.22. The second kappa shape index (κ2) is 8.15. The summed E-state index contributed by atoms with van der Waals surface area (Å²) in [6.07, 6.45) is 8.90. The fourth-order valence-electron chi connectivity index (χ4n) is 1.18. The van der Waals surface area contributed by atoms with E-state index in [2.05, 4.69) is 22.5 Å². The molecular weight excluding hydrogens is 188 g/mol. The monoisotopic (exact) mass is 206 g/mol. The van der Waals surface area contributed by atoms with Gasteiger partial charge in [0.05, 0.1) is 6.61 Å². The van der Waals surface area contributed by atoms with Crippen molar-refractivity contribution in [2.24, 2.45) is 0 Å². The fraction of sp³-hybridized carbons (Fsp3) is 0.417. The first kappa shape index (κ1) is 11.9. The van der Waals surface area contributed by atoms with Gasteiger partial charge in [0.1, 0.15) is 0 Å². The number of hydrogen-bond donors (Lipinski definition) is 1. The van der Waals surface area contributed by atoms with Crippen LogP contribution in [0.4, 0.5) is 0 Å². The molecule has 0 amide bonds. The number of nitrogens with one attached hydrogen (secondary N) is 1. The molecule has 0 saturated heterocycles. The van der Waals surface area contributed by atoms with Gasteiger partial charge in [-0.2, -0.15) is 0 Å². The van der Waals surface area contributed by atoms with E-state index in [9.17, 15) is 0 Å². The molecule has 0 aliphatic heterocycles. The van der Waals surface area contributed by atoms with Crippen molar-refractivity contribution in [1.29, 1.82) is 0 Å². The first-order valence-electron chi connectivity index (χ1n) is 5.19. The molecule has 0 saturated carbocycles. The van der Waals surface area contributed by atoms with Gasteiger partial charge < -0.3 is 10.1 Å². The molecule has 3 heteroatoms. The SMILES string of the molecule is COCCNCCC=Cc1cccnc1. The van der Waals surface area contributed by atoms with Crippen LogP contribution in [0.2, 0.25) is 0 Å². The van der Waals surface area contributed by atoms with E-state index in [0.717, 1.165) is 31.7 Å². The zero-order valence-electron chi connectivity index (χ0n) is 9.15. The molecule has 0 atom stereocenters. The number of rotatable bonds is 7. The molecule has 1 aromatic rings. The van der Waals surface area contributed by atoms with E-state index < -0.39 is 0 Å². The molecule has 3 nitrogen and oxygen atoms in total. The first-order valence-corrected chi connectivity index (χ1v) is 5.19. The van der Waals surface area contributed by atoms with Crippen LogP contribution in [-0.2, 0) is 4.74 Å². The minimum atomic E-state index is 0.770. The van der Waals surface area contributed by atoms with Crippen LogP contribution < -0.4 is 5.32 Å². The Morgan fingerprint density at radius 3 is 3.13 bits per heavy atom. The smallest absolute Gasteiger partial charge is 0.0587 e. The minimum absolute atomic E-state index is 0.770. The van der Waals surface area contributed by atoms with Crippen LogP contribution in [0, 0.1) is 0 Å². The zero-order valence-corrected chi connectivity index (χ0v) is 9.15. The van der Waals surface area contributed by atoms with Crippen LogP contribution in [0.25, 0.3) is 6.08 Å². The van der Waals surface area contributed by atoms with E-state index in [1.807, 2.05) is 18.3 Å². The lowest BCUT2D eigenvalue weighted by Crippen LogP contribution is -2.19. The Balaban J connectivity index is 2.07. The molecule has 1 N–H and O–H groups in total. The minimum Gasteiger partial charge on any atom is -0.383 e. The van der Waals surface area contributed by atoms with E-state index in [0.29, 0.717) is 0 Å². The second-order valence-electron chi connectivity index (χ2n) is 3.22. The highest BCUT2D eigenvalue weighted by atomic mass is 16.5. The summed E-state index contributed by atoms with van der Waals surface area (Å²) < 4.78 is 4.93. The van der Waals surface area contributed by atoms with Crippen LogP contribution in [0.3, 0.4) is 0 Å². The Bertz CT molecular complexity index is 272. The van der Waals surface area contributed by atoms with Gasteiger partial charge in [0.25, 0.3) is 0 Å². The Morgan fingerprint density at radius 2 is 2.40 bits per heavy atom. The molecule has 1 rings (SSSR count). The molecule has 0 unspecified atom stereocenters. The molecule has 0 fully saturated rings. The van der Waals surface area contributed by atoms with Gasteiger partial charge in [0.2, 0.25) is 0 Å². The summed E-state index contributed by atoms with van der Waals surface area (Å²) in [6.45, 7) is 2.67. The normalized spacial score (nSPS) is 11.0. The molecule has 0 aliphatic carbocycles. The standard InChI is InChI=1S/C12H18N2O/c1-15-10-9-13-7-3-2-5-12-6-4-8-14-11-12/h2,4-6,8,11,13H,3,7,9-10H2,1H3. The van der Waals surface area contributed by atoms with Crippen molar-refractivity contribution in [3.05, 3.63) is 36.2 Å². The van der Waals surface area contributed by atoms with Gasteiger partial charge in [0.15, 0.2) is 0 Å². The topological polar surface area (TPSA) is 34.1 Å². The van der Waals surface area contributed by atoms with Crippen molar-refractivity contribution < 1.29 is 4.74 Å². The highest BCUT2D eigenvalue weighted by molar-refractivity contribution is 5.47. The summed E-state index contributed by atoms with van der Waals surface area (Å²) in [4.78, 5) is 4.04. The average molecular weight is 206 g/mol. The molecule has 82 valence electrons. The quantitative estimate of drug-likeness (QED) is 0.690. The molecule has 0 spiro atoms. The number of nitrogens with zero attached hydrogens (tertiary/aromatic N) is 1. The van der Waals surface area contributed by atoms with Crippen molar-refractivity contribution in [2.75, 3.05) is 26.8 Å². The van der Waals surface area contributed by atoms with Crippen molar-refractivity contribution in [3.8, 4) is 0 Å². The predicted octanol–water partition coefficient (Wildman–Crippen LogP) is 1.72. The van der Waals surface area contributed by atoms with Crippen LogP contribution in [0.15, 0.2) is 30.6 Å². The van der Waals surface area contributed by atoms with Gasteiger partial charge in [-0.15, -0.1) is 0 Å². The largest absolute Gasteiger partial charge is 0.383 e. The van der Waals surface area contributed by atoms with Crippen LogP contribution in [0.1, 0.15) is 12.0 Å². The van der Waals surface area contributed by atoms with Gasteiger partial charge in [-0.1, -0.05) is 18.2 Å². The third kappa shape index (κ3) is 5.99. The molecule has 0 radical (unpaired) electrons. The maximum absolute atomic E-state index is 4.93. The van der Waals surface area contributed by atoms with Gasteiger partial charge in [0, 0.05) is 26.0 Å². The van der Waals surface area contributed by atoms with Crippen LogP contribution in [-0.4, -0.2) is 31.8 Å². The third-order valence-electron chi connectivity index (χ3n) is 1.97. The summed E-state index contributed by atoms with van der Waals surface area (Å²) in [5.41, 5.74) is 1.15. The van der Waals surface area contributed by atoms with Crippen molar-refractivity contribution in [3.63, 3.8) is 0 Å². The molecule has 0 aromatic carbocycles. The molecule has 1 aromatic heterocycles. The Hall–Kier alpha value is -1.19. The van der Waals surface area contributed by atoms with Crippen molar-refractivity contribution in [2.45, 2.75) is 6.42 Å². The number of methoxy groups -OCH3 is 1. The highest BCUT2D eigenvalue weighted by Crippen LogP contribution is 1.98. The summed E-state index contributed by atoms with van der Waals surface area (Å²) >= 11 is 0. The van der Waals surface area contributed by atoms with Crippen molar-refractivity contribution >= 4 is 6.08 Å². The zero-order chi connectivity index (χ0) is 10.8. The maximum atomic E-state index is 4.93. The van der Waals surface area contributed by atoms with Gasteiger partial charge >= 0.3 is 0 Å². The fourth-order valence-corrected chi connectivity index (χ4v) is 1.18. The van der Waals surface area contributed by atoms with Gasteiger partial charge in [-0.05, 0) is 24.6 Å². The van der Waals surface area contributed by atoms with E-state index in [4.69, 9.17) is 4.74 Å². The average Bonchev–Trinajstić information content (AvgIpc) is 2.29. The maximum Gasteiger partial charge on any atom is 0.0587 e. The highest BCUT2D eigenvalue weighted by Gasteiger charge is 1.85. The van der Waals surface area contributed by atoms with Gasteiger partial charge in [-0.3, -0.25) is 4.98 Å². The first-order chi connectivity index (χ1) is 7.43. The summed E-state index contributed by atoms with van der Waals surface area (Å²) in [6, 6.07) is 3.98. The Morgan fingerprint density at radius 1 is 1.47 bits per heavy atom. The summed E-state index contributed by atoms with van der Waals surface area (Å²) in [5.74, 6) is 0. The van der Waals surface area contributed by atoms with Crippen LogP contribution in [0.5, 0.6) is 0 Å². The molecule has 0 aliphatic rings. The van der Waals surface area contributed by atoms with E-state index in [-0.39, 0.29) is 0 Å². The molecule has 0 bridgehead atoms. The number of ether oxygens (including phenoxy) is 1. The summed E-state index contributed by atoms with van der Waals surface area (Å²) in [5, 5.41) is 3.28. The Kier molecular flexibility index (Phi) is 6.45. The lowest BCUT2D eigenvalue weighted by Gasteiger charge is -2.00. The van der Waals surface area contributed by atoms with E-state index >= 15 is 0 Å². The number of aromatic nitrogens is 1. The lowest BCUT2D eigenvalue weighted by atomic mass is 10.2. The lowest BCUT2D eigenvalue weighted by molar-refractivity contribution is 0.199. The van der Waals surface area contributed by atoms with E-state index in [1.165, 1.54) is 0 Å². The molecule has 15 heavy (non-hydrogen) atoms. The number of hydrogen-bond acceptors (Lipinski definition) is 3. The van der Waals surface area contributed by atoms with Crippen molar-refractivity contribution in [1.82, 2.24) is 10.3 Å². The summed E-state index contributed by atoms with van der Waals surface area (Å²) in [7, 11) is 1.71. The van der Waals surface area contributed by atoms with Crippen LogP contribution >= 0.6 is 0 Å². The predicted molar refractivity (Wildman–Crippen MR) is 62.6 cm³/mol. The molecular formula is C12H18N2O. The number of pyridine rings is 1. The third-order valence-corrected chi connectivity index (χ3v) is 1.97.